The fourth-order valence-electron chi connectivity index (χ4n) is 1.35. The minimum Gasteiger partial charge on any atom is -0.447 e. The van der Waals surface area contributed by atoms with Gasteiger partial charge >= 0.3 is 6.09 Å². The van der Waals surface area contributed by atoms with Crippen molar-refractivity contribution in [2.45, 2.75) is 20.0 Å². The highest BCUT2D eigenvalue weighted by molar-refractivity contribution is 5.84. The average Bonchev–Trinajstić information content (AvgIpc) is 2.26. The summed E-state index contributed by atoms with van der Waals surface area (Å²) in [6, 6.07) is 1.95. The van der Waals surface area contributed by atoms with E-state index in [0.717, 1.165) is 18.2 Å². The van der Waals surface area contributed by atoms with Crippen molar-refractivity contribution >= 4 is 17.9 Å². The topological polar surface area (TPSA) is 58.6 Å². The predicted molar refractivity (Wildman–Crippen MR) is 67.7 cm³/mol. The third kappa shape index (κ3) is 4.67. The van der Waals surface area contributed by atoms with Crippen LogP contribution in [0.4, 0.5) is 19.3 Å². The van der Waals surface area contributed by atoms with E-state index < -0.39 is 17.7 Å². The van der Waals surface area contributed by atoms with Crippen molar-refractivity contribution in [3.05, 3.63) is 35.4 Å². The zero-order chi connectivity index (χ0) is 14.4. The monoisotopic (exact) mass is 271 g/mol. The number of benzene rings is 1. The Morgan fingerprint density at radius 3 is 2.47 bits per heavy atom. The van der Waals surface area contributed by atoms with Crippen LogP contribution in [-0.2, 0) is 4.74 Å². The van der Waals surface area contributed by atoms with Gasteiger partial charge < -0.3 is 9.84 Å². The zero-order valence-corrected chi connectivity index (χ0v) is 10.6. The van der Waals surface area contributed by atoms with E-state index in [9.17, 15) is 13.6 Å². The quantitative estimate of drug-likeness (QED) is 0.885. The molecule has 1 aromatic rings. The Morgan fingerprint density at radius 1 is 1.42 bits per heavy atom. The van der Waals surface area contributed by atoms with Crippen LogP contribution in [0.15, 0.2) is 18.2 Å². The molecule has 0 fully saturated rings. The Balaban J connectivity index is 2.89. The summed E-state index contributed by atoms with van der Waals surface area (Å²) in [5.74, 6) is -1.69. The smallest absolute Gasteiger partial charge is 0.411 e. The van der Waals surface area contributed by atoms with Gasteiger partial charge in [-0.1, -0.05) is 12.2 Å². The molecular weight excluding hydrogens is 256 g/mol. The lowest BCUT2D eigenvalue weighted by Crippen LogP contribution is -2.18. The molecule has 0 aliphatic carbocycles. The van der Waals surface area contributed by atoms with Gasteiger partial charge in [0.25, 0.3) is 0 Å². The Kier molecular flexibility index (Phi) is 5.44. The standard InChI is InChI=1S/C13H15F2NO3/c1-8(2)19-13(18)16-9-6-11(14)10(4-3-5-17)12(15)7-9/h3-4,6-8,17H,5H2,1-2H3,(H,16,18)/b4-3+. The Labute approximate surface area is 109 Å². The van der Waals surface area contributed by atoms with Crippen LogP contribution in [0.1, 0.15) is 19.4 Å². The minimum atomic E-state index is -0.843. The van der Waals surface area contributed by atoms with E-state index >= 15 is 0 Å². The van der Waals surface area contributed by atoms with Crippen molar-refractivity contribution in [2.24, 2.45) is 0 Å². The summed E-state index contributed by atoms with van der Waals surface area (Å²) in [4.78, 5) is 11.3. The Morgan fingerprint density at radius 2 is 2.00 bits per heavy atom. The number of rotatable bonds is 4. The van der Waals surface area contributed by atoms with E-state index in [1.165, 1.54) is 6.08 Å². The second kappa shape index (κ2) is 6.84. The molecule has 0 unspecified atom stereocenters. The lowest BCUT2D eigenvalue weighted by atomic mass is 10.1. The second-order valence-electron chi connectivity index (χ2n) is 4.02. The molecule has 0 radical (unpaired) electrons. The van der Waals surface area contributed by atoms with E-state index in [2.05, 4.69) is 5.32 Å². The molecule has 6 heteroatoms. The third-order valence-electron chi connectivity index (χ3n) is 2.06. The van der Waals surface area contributed by atoms with Gasteiger partial charge in [-0.15, -0.1) is 0 Å². The third-order valence-corrected chi connectivity index (χ3v) is 2.06. The van der Waals surface area contributed by atoms with E-state index in [1.807, 2.05) is 0 Å². The Hall–Kier alpha value is -1.95. The van der Waals surface area contributed by atoms with Crippen molar-refractivity contribution in [3.63, 3.8) is 0 Å². The number of anilines is 1. The molecule has 104 valence electrons. The summed E-state index contributed by atoms with van der Waals surface area (Å²) in [6.07, 6.45) is 1.22. The molecule has 0 atom stereocenters. The Bertz CT molecular complexity index is 464. The van der Waals surface area contributed by atoms with Gasteiger partial charge in [-0.3, -0.25) is 5.32 Å². The summed E-state index contributed by atoms with van der Waals surface area (Å²) >= 11 is 0. The lowest BCUT2D eigenvalue weighted by Gasteiger charge is -2.10. The molecule has 2 N–H and O–H groups in total. The van der Waals surface area contributed by atoms with Crippen LogP contribution in [0, 0.1) is 11.6 Å². The number of aliphatic hydroxyl groups excluding tert-OH is 1. The van der Waals surface area contributed by atoms with Crippen molar-refractivity contribution < 1.29 is 23.4 Å². The van der Waals surface area contributed by atoms with Gasteiger partial charge in [0.2, 0.25) is 0 Å². The predicted octanol–water partition coefficient (Wildman–Crippen LogP) is 2.93. The number of halogens is 2. The molecule has 1 amide bonds. The molecule has 19 heavy (non-hydrogen) atoms. The fraction of sp³-hybridized carbons (Fsp3) is 0.308. The van der Waals surface area contributed by atoms with Crippen molar-refractivity contribution in [2.75, 3.05) is 11.9 Å². The molecule has 0 bridgehead atoms. The number of hydrogen-bond donors (Lipinski definition) is 2. The summed E-state index contributed by atoms with van der Waals surface area (Å²) in [5.41, 5.74) is -0.321. The number of hydrogen-bond acceptors (Lipinski definition) is 3. The summed E-state index contributed by atoms with van der Waals surface area (Å²) in [7, 11) is 0. The van der Waals surface area contributed by atoms with Crippen LogP contribution >= 0.6 is 0 Å². The summed E-state index contributed by atoms with van der Waals surface area (Å²) in [5, 5.41) is 10.8. The average molecular weight is 271 g/mol. The van der Waals surface area contributed by atoms with E-state index in [-0.39, 0.29) is 24.0 Å². The first-order valence-corrected chi connectivity index (χ1v) is 5.68. The maximum Gasteiger partial charge on any atom is 0.411 e. The molecule has 0 saturated heterocycles. The second-order valence-corrected chi connectivity index (χ2v) is 4.02. The van der Waals surface area contributed by atoms with Gasteiger partial charge in [0.05, 0.1) is 12.7 Å². The molecule has 0 spiro atoms. The van der Waals surface area contributed by atoms with Crippen LogP contribution in [-0.4, -0.2) is 23.9 Å². The number of nitrogens with one attached hydrogen (secondary N) is 1. The maximum absolute atomic E-state index is 13.6. The van der Waals surface area contributed by atoms with Crippen LogP contribution < -0.4 is 5.32 Å². The van der Waals surface area contributed by atoms with Crippen molar-refractivity contribution in [3.8, 4) is 0 Å². The number of carbonyl (C=O) groups is 1. The minimum absolute atomic E-state index is 0.0400. The molecule has 0 aliphatic rings. The molecular formula is C13H15F2NO3. The first-order chi connectivity index (χ1) is 8.93. The van der Waals surface area contributed by atoms with Gasteiger partial charge in [0, 0.05) is 11.3 Å². The van der Waals surface area contributed by atoms with E-state index in [4.69, 9.17) is 9.84 Å². The zero-order valence-electron chi connectivity index (χ0n) is 10.6. The normalized spacial score (nSPS) is 11.1. The highest BCUT2D eigenvalue weighted by Crippen LogP contribution is 2.20. The van der Waals surface area contributed by atoms with Crippen molar-refractivity contribution in [1.82, 2.24) is 0 Å². The molecule has 0 heterocycles. The summed E-state index contributed by atoms with van der Waals surface area (Å²) < 4.78 is 32.0. The van der Waals surface area contributed by atoms with Gasteiger partial charge in [0.15, 0.2) is 0 Å². The van der Waals surface area contributed by atoms with Gasteiger partial charge in [-0.25, -0.2) is 13.6 Å². The van der Waals surface area contributed by atoms with Crippen LogP contribution in [0.5, 0.6) is 0 Å². The summed E-state index contributed by atoms with van der Waals surface area (Å²) in [6.45, 7) is 2.99. The van der Waals surface area contributed by atoms with Gasteiger partial charge in [-0.05, 0) is 26.0 Å². The van der Waals surface area contributed by atoms with Gasteiger partial charge in [0.1, 0.15) is 11.6 Å². The molecule has 0 saturated carbocycles. The van der Waals surface area contributed by atoms with Crippen LogP contribution in [0.25, 0.3) is 6.08 Å². The highest BCUT2D eigenvalue weighted by Gasteiger charge is 2.11. The molecule has 1 rings (SSSR count). The van der Waals surface area contributed by atoms with E-state index in [1.54, 1.807) is 13.8 Å². The molecule has 0 aromatic heterocycles. The first kappa shape index (κ1) is 15.1. The van der Waals surface area contributed by atoms with E-state index in [0.29, 0.717) is 0 Å². The largest absolute Gasteiger partial charge is 0.447 e. The number of aliphatic hydroxyl groups is 1. The van der Waals surface area contributed by atoms with Crippen LogP contribution in [0.2, 0.25) is 0 Å². The number of ether oxygens (including phenoxy) is 1. The molecule has 4 nitrogen and oxygen atoms in total. The molecule has 1 aromatic carbocycles. The van der Waals surface area contributed by atoms with Crippen LogP contribution in [0.3, 0.4) is 0 Å². The molecule has 0 aliphatic heterocycles. The first-order valence-electron chi connectivity index (χ1n) is 5.68. The fourth-order valence-corrected chi connectivity index (χ4v) is 1.35. The SMILES string of the molecule is CC(C)OC(=O)Nc1cc(F)c(/C=C/CO)c(F)c1. The van der Waals surface area contributed by atoms with Gasteiger partial charge in [-0.2, -0.15) is 0 Å². The van der Waals surface area contributed by atoms with Crippen molar-refractivity contribution in [1.29, 1.82) is 0 Å². The lowest BCUT2D eigenvalue weighted by molar-refractivity contribution is 0.130. The number of amides is 1. The highest BCUT2D eigenvalue weighted by atomic mass is 19.1. The number of carbonyl (C=O) groups excluding carboxylic acids is 1. The maximum atomic E-state index is 13.6.